The Hall–Kier alpha value is -2.16. The van der Waals surface area contributed by atoms with Gasteiger partial charge in [0.1, 0.15) is 0 Å². The smallest absolute Gasteiger partial charge is 0.0594 e. The van der Waals surface area contributed by atoms with Gasteiger partial charge in [0.05, 0.1) is 19.3 Å². The fraction of sp³-hybridized carbons (Fsp3) is 0.238. The van der Waals surface area contributed by atoms with Crippen molar-refractivity contribution in [1.82, 2.24) is 4.90 Å². The number of hydrogen-bond acceptors (Lipinski definition) is 2. The van der Waals surface area contributed by atoms with E-state index >= 15 is 0 Å². The minimum atomic E-state index is 0.306. The van der Waals surface area contributed by atoms with Crippen LogP contribution in [0.5, 0.6) is 0 Å². The molecule has 1 aliphatic heterocycles. The highest BCUT2D eigenvalue weighted by Crippen LogP contribution is 2.23. The maximum atomic E-state index is 5.49. The summed E-state index contributed by atoms with van der Waals surface area (Å²) in [5.41, 5.74) is 2.55. The van der Waals surface area contributed by atoms with Crippen LogP contribution in [0, 0.1) is 0 Å². The molecule has 2 aromatic carbocycles. The normalized spacial score (nSPS) is 17.7. The molecular formula is C21H23NO. The number of benzene rings is 2. The van der Waals surface area contributed by atoms with Crippen LogP contribution in [0.1, 0.15) is 17.2 Å². The van der Waals surface area contributed by atoms with E-state index in [9.17, 15) is 0 Å². The highest BCUT2D eigenvalue weighted by atomic mass is 16.5. The number of nitrogens with zero attached hydrogens (tertiary/aromatic N) is 1. The van der Waals surface area contributed by atoms with Gasteiger partial charge in [-0.15, -0.1) is 0 Å². The van der Waals surface area contributed by atoms with Gasteiger partial charge < -0.3 is 4.74 Å². The third-order valence-electron chi connectivity index (χ3n) is 4.07. The van der Waals surface area contributed by atoms with Crippen LogP contribution in [-0.2, 0) is 4.74 Å². The second kappa shape index (κ2) is 8.47. The molecule has 0 spiro atoms. The average molecular weight is 305 g/mol. The highest BCUT2D eigenvalue weighted by molar-refractivity contribution is 5.50. The van der Waals surface area contributed by atoms with Crippen LogP contribution in [0.4, 0.5) is 0 Å². The molecule has 0 N–H and O–H groups in total. The van der Waals surface area contributed by atoms with Crippen molar-refractivity contribution in [1.29, 1.82) is 0 Å². The zero-order valence-corrected chi connectivity index (χ0v) is 13.3. The highest BCUT2D eigenvalue weighted by Gasteiger charge is 2.19. The number of morpholine rings is 1. The van der Waals surface area contributed by atoms with Crippen molar-refractivity contribution in [2.75, 3.05) is 26.3 Å². The van der Waals surface area contributed by atoms with Crippen molar-refractivity contribution in [3.63, 3.8) is 0 Å². The molecule has 1 heterocycles. The Labute approximate surface area is 138 Å². The average Bonchev–Trinajstić information content (AvgIpc) is 2.64. The Morgan fingerprint density at radius 2 is 1.48 bits per heavy atom. The van der Waals surface area contributed by atoms with E-state index in [1.54, 1.807) is 0 Å². The van der Waals surface area contributed by atoms with Gasteiger partial charge in [-0.05, 0) is 11.1 Å². The summed E-state index contributed by atoms with van der Waals surface area (Å²) in [5.74, 6) is 0. The van der Waals surface area contributed by atoms with Gasteiger partial charge in [-0.3, -0.25) is 4.90 Å². The summed E-state index contributed by atoms with van der Waals surface area (Å²) in [6.07, 6.45) is 8.68. The van der Waals surface area contributed by atoms with Crippen LogP contribution >= 0.6 is 0 Å². The van der Waals surface area contributed by atoms with Crippen LogP contribution in [0.15, 0.2) is 78.9 Å². The van der Waals surface area contributed by atoms with Crippen molar-refractivity contribution < 1.29 is 4.74 Å². The molecule has 0 aliphatic carbocycles. The second-order valence-corrected chi connectivity index (χ2v) is 5.66. The molecular weight excluding hydrogens is 282 g/mol. The molecule has 0 radical (unpaired) electrons. The molecule has 1 unspecified atom stereocenters. The molecule has 0 bridgehead atoms. The standard InChI is InChI=1S/C21H23NO/c1-3-9-19(10-4-1)11-7-8-14-21(20-12-5-2-6-13-20)22-15-17-23-18-16-22/h1-14,21H,15-18H2/b11-7+,14-8-. The lowest BCUT2D eigenvalue weighted by Gasteiger charge is -2.33. The lowest BCUT2D eigenvalue weighted by atomic mass is 10.0. The monoisotopic (exact) mass is 305 g/mol. The van der Waals surface area contributed by atoms with E-state index in [2.05, 4.69) is 83.8 Å². The van der Waals surface area contributed by atoms with Gasteiger partial charge in [-0.1, -0.05) is 85.0 Å². The Morgan fingerprint density at radius 1 is 0.826 bits per heavy atom. The van der Waals surface area contributed by atoms with Gasteiger partial charge in [0, 0.05) is 13.1 Å². The summed E-state index contributed by atoms with van der Waals surface area (Å²) >= 11 is 0. The molecule has 1 atom stereocenters. The molecule has 0 amide bonds. The first-order valence-electron chi connectivity index (χ1n) is 8.20. The van der Waals surface area contributed by atoms with Crippen molar-refractivity contribution in [3.05, 3.63) is 90.0 Å². The largest absolute Gasteiger partial charge is 0.379 e. The van der Waals surface area contributed by atoms with Gasteiger partial charge in [0.15, 0.2) is 0 Å². The van der Waals surface area contributed by atoms with Crippen LogP contribution in [-0.4, -0.2) is 31.2 Å². The first kappa shape index (κ1) is 15.7. The Bertz CT molecular complexity index is 627. The van der Waals surface area contributed by atoms with Crippen molar-refractivity contribution in [3.8, 4) is 0 Å². The molecule has 2 aromatic rings. The Kier molecular flexibility index (Phi) is 5.79. The predicted octanol–water partition coefficient (Wildman–Crippen LogP) is 4.33. The topological polar surface area (TPSA) is 12.5 Å². The summed E-state index contributed by atoms with van der Waals surface area (Å²) in [7, 11) is 0. The summed E-state index contributed by atoms with van der Waals surface area (Å²) in [4.78, 5) is 2.48. The van der Waals surface area contributed by atoms with Gasteiger partial charge in [-0.2, -0.15) is 0 Å². The minimum absolute atomic E-state index is 0.306. The van der Waals surface area contributed by atoms with E-state index in [4.69, 9.17) is 4.74 Å². The summed E-state index contributed by atoms with van der Waals surface area (Å²) in [6.45, 7) is 3.59. The minimum Gasteiger partial charge on any atom is -0.379 e. The maximum absolute atomic E-state index is 5.49. The van der Waals surface area contributed by atoms with Crippen LogP contribution in [0.2, 0.25) is 0 Å². The fourth-order valence-electron chi connectivity index (χ4n) is 2.85. The van der Waals surface area contributed by atoms with E-state index in [0.29, 0.717) is 6.04 Å². The molecule has 1 saturated heterocycles. The number of hydrogen-bond donors (Lipinski definition) is 0. The molecule has 1 aliphatic rings. The van der Waals surface area contributed by atoms with Crippen molar-refractivity contribution in [2.45, 2.75) is 6.04 Å². The molecule has 0 aromatic heterocycles. The van der Waals surface area contributed by atoms with Gasteiger partial charge in [0.25, 0.3) is 0 Å². The van der Waals surface area contributed by atoms with Gasteiger partial charge >= 0.3 is 0 Å². The van der Waals surface area contributed by atoms with E-state index < -0.39 is 0 Å². The lowest BCUT2D eigenvalue weighted by molar-refractivity contribution is 0.0253. The van der Waals surface area contributed by atoms with Gasteiger partial charge in [-0.25, -0.2) is 0 Å². The lowest BCUT2D eigenvalue weighted by Crippen LogP contribution is -2.38. The van der Waals surface area contributed by atoms with Gasteiger partial charge in [0.2, 0.25) is 0 Å². The quantitative estimate of drug-likeness (QED) is 0.762. The maximum Gasteiger partial charge on any atom is 0.0594 e. The number of ether oxygens (including phenoxy) is 1. The van der Waals surface area contributed by atoms with Crippen molar-refractivity contribution in [2.24, 2.45) is 0 Å². The van der Waals surface area contributed by atoms with Crippen molar-refractivity contribution >= 4 is 6.08 Å². The third kappa shape index (κ3) is 4.65. The van der Waals surface area contributed by atoms with Crippen LogP contribution < -0.4 is 0 Å². The molecule has 23 heavy (non-hydrogen) atoms. The van der Waals surface area contributed by atoms with Crippen LogP contribution in [0.25, 0.3) is 6.08 Å². The third-order valence-corrected chi connectivity index (χ3v) is 4.07. The van der Waals surface area contributed by atoms with Crippen LogP contribution in [0.3, 0.4) is 0 Å². The molecule has 1 fully saturated rings. The molecule has 3 rings (SSSR count). The summed E-state index contributed by atoms with van der Waals surface area (Å²) in [6, 6.07) is 21.4. The number of rotatable bonds is 5. The molecule has 0 saturated carbocycles. The summed E-state index contributed by atoms with van der Waals surface area (Å²) < 4.78 is 5.49. The SMILES string of the molecule is C(=C/C(c1ccccc1)N1CCOCC1)/C=C/c1ccccc1. The van der Waals surface area contributed by atoms with E-state index in [0.717, 1.165) is 26.3 Å². The second-order valence-electron chi connectivity index (χ2n) is 5.66. The molecule has 2 nitrogen and oxygen atoms in total. The zero-order valence-electron chi connectivity index (χ0n) is 13.3. The summed E-state index contributed by atoms with van der Waals surface area (Å²) in [5, 5.41) is 0. The van der Waals surface area contributed by atoms with E-state index in [1.807, 2.05) is 6.07 Å². The first-order chi connectivity index (χ1) is 11.4. The zero-order chi connectivity index (χ0) is 15.7. The molecule has 118 valence electrons. The molecule has 2 heteroatoms. The fourth-order valence-corrected chi connectivity index (χ4v) is 2.85. The Balaban J connectivity index is 1.73. The van der Waals surface area contributed by atoms with E-state index in [-0.39, 0.29) is 0 Å². The predicted molar refractivity (Wildman–Crippen MR) is 96.2 cm³/mol. The van der Waals surface area contributed by atoms with E-state index in [1.165, 1.54) is 11.1 Å². The Morgan fingerprint density at radius 3 is 2.17 bits per heavy atom. The first-order valence-corrected chi connectivity index (χ1v) is 8.20. The number of allylic oxidation sites excluding steroid dienone is 2.